The second kappa shape index (κ2) is 6.89. The van der Waals surface area contributed by atoms with Gasteiger partial charge in [0.05, 0.1) is 6.61 Å². The van der Waals surface area contributed by atoms with Crippen LogP contribution in [-0.2, 0) is 14.3 Å². The Labute approximate surface area is 115 Å². The van der Waals surface area contributed by atoms with Crippen LogP contribution < -0.4 is 5.32 Å². The van der Waals surface area contributed by atoms with Crippen molar-refractivity contribution in [1.29, 1.82) is 0 Å². The van der Waals surface area contributed by atoms with Gasteiger partial charge in [0.25, 0.3) is 0 Å². The van der Waals surface area contributed by atoms with Gasteiger partial charge in [0.15, 0.2) is 0 Å². The van der Waals surface area contributed by atoms with Crippen molar-refractivity contribution >= 4 is 11.8 Å². The molecule has 0 aromatic rings. The highest BCUT2D eigenvalue weighted by Crippen LogP contribution is 2.29. The SMILES string of the molecule is CCOCCN1C(=O)C(CC)NC(=O)C1(CC)CC. The van der Waals surface area contributed by atoms with E-state index in [-0.39, 0.29) is 17.9 Å². The lowest BCUT2D eigenvalue weighted by atomic mass is 9.85. The number of hydrogen-bond acceptors (Lipinski definition) is 3. The summed E-state index contributed by atoms with van der Waals surface area (Å²) in [7, 11) is 0. The van der Waals surface area contributed by atoms with Crippen LogP contribution in [0, 0.1) is 0 Å². The number of carbonyl (C=O) groups is 2. The standard InChI is InChI=1S/C14H26N2O3/c1-5-11-12(17)16(9-10-19-8-4)14(6-2,7-3)13(18)15-11/h11H,5-10H2,1-4H3,(H,15,18). The van der Waals surface area contributed by atoms with Gasteiger partial charge in [-0.15, -0.1) is 0 Å². The molecular formula is C14H26N2O3. The van der Waals surface area contributed by atoms with Gasteiger partial charge in [0, 0.05) is 13.2 Å². The van der Waals surface area contributed by atoms with E-state index in [4.69, 9.17) is 4.74 Å². The molecule has 0 aromatic heterocycles. The van der Waals surface area contributed by atoms with Crippen molar-refractivity contribution in [3.8, 4) is 0 Å². The highest BCUT2D eigenvalue weighted by Gasteiger charge is 2.49. The summed E-state index contributed by atoms with van der Waals surface area (Å²) in [5.41, 5.74) is -0.708. The molecule has 0 saturated carbocycles. The summed E-state index contributed by atoms with van der Waals surface area (Å²) in [6, 6.07) is -0.389. The number of piperazine rings is 1. The fourth-order valence-corrected chi connectivity index (χ4v) is 2.73. The molecule has 0 aliphatic carbocycles. The fraction of sp³-hybridized carbons (Fsp3) is 0.857. The molecule has 0 radical (unpaired) electrons. The molecule has 1 rings (SSSR count). The van der Waals surface area contributed by atoms with Gasteiger partial charge in [0.1, 0.15) is 11.6 Å². The van der Waals surface area contributed by atoms with Crippen molar-refractivity contribution in [2.24, 2.45) is 0 Å². The zero-order valence-electron chi connectivity index (χ0n) is 12.5. The van der Waals surface area contributed by atoms with Crippen LogP contribution >= 0.6 is 0 Å². The predicted molar refractivity (Wildman–Crippen MR) is 73.7 cm³/mol. The highest BCUT2D eigenvalue weighted by atomic mass is 16.5. The van der Waals surface area contributed by atoms with E-state index in [1.54, 1.807) is 4.90 Å². The summed E-state index contributed by atoms with van der Waals surface area (Å²) >= 11 is 0. The number of amides is 2. The molecule has 0 aromatic carbocycles. The molecule has 1 unspecified atom stereocenters. The summed E-state index contributed by atoms with van der Waals surface area (Å²) in [4.78, 5) is 26.6. The van der Waals surface area contributed by atoms with Gasteiger partial charge in [-0.1, -0.05) is 20.8 Å². The molecule has 1 atom stereocenters. The second-order valence-corrected chi connectivity index (χ2v) is 4.86. The van der Waals surface area contributed by atoms with Gasteiger partial charge in [-0.05, 0) is 26.2 Å². The summed E-state index contributed by atoms with van der Waals surface area (Å²) in [5.74, 6) is -0.00838. The first kappa shape index (κ1) is 16.0. The quantitative estimate of drug-likeness (QED) is 0.710. The summed E-state index contributed by atoms with van der Waals surface area (Å²) in [6.07, 6.45) is 1.88. The first-order valence-corrected chi connectivity index (χ1v) is 7.27. The number of hydrogen-bond donors (Lipinski definition) is 1. The van der Waals surface area contributed by atoms with Crippen LogP contribution in [0.2, 0.25) is 0 Å². The monoisotopic (exact) mass is 270 g/mol. The Morgan fingerprint density at radius 3 is 2.32 bits per heavy atom. The number of carbonyl (C=O) groups excluding carboxylic acids is 2. The first-order valence-electron chi connectivity index (χ1n) is 7.27. The lowest BCUT2D eigenvalue weighted by Gasteiger charge is -2.47. The second-order valence-electron chi connectivity index (χ2n) is 4.86. The lowest BCUT2D eigenvalue weighted by molar-refractivity contribution is -0.159. The molecule has 2 amide bonds. The summed E-state index contributed by atoms with van der Waals surface area (Å²) in [6.45, 7) is 9.33. The Morgan fingerprint density at radius 2 is 1.84 bits per heavy atom. The Bertz CT molecular complexity index is 327. The van der Waals surface area contributed by atoms with Gasteiger partial charge in [-0.3, -0.25) is 9.59 Å². The third kappa shape index (κ3) is 2.91. The number of nitrogens with zero attached hydrogens (tertiary/aromatic N) is 1. The largest absolute Gasteiger partial charge is 0.380 e. The van der Waals surface area contributed by atoms with E-state index >= 15 is 0 Å². The van der Waals surface area contributed by atoms with Crippen molar-refractivity contribution in [3.63, 3.8) is 0 Å². The molecule has 5 heteroatoms. The summed E-state index contributed by atoms with van der Waals surface area (Å²) in [5, 5.41) is 2.86. The van der Waals surface area contributed by atoms with Crippen LogP contribution in [-0.4, -0.2) is 48.1 Å². The fourth-order valence-electron chi connectivity index (χ4n) is 2.73. The maximum absolute atomic E-state index is 12.5. The Kier molecular flexibility index (Phi) is 5.79. The van der Waals surface area contributed by atoms with E-state index in [9.17, 15) is 9.59 Å². The lowest BCUT2D eigenvalue weighted by Crippen LogP contribution is -2.70. The third-order valence-electron chi connectivity index (χ3n) is 4.05. The Balaban J connectivity index is 2.97. The average molecular weight is 270 g/mol. The Hall–Kier alpha value is -1.10. The number of nitrogens with one attached hydrogen (secondary N) is 1. The predicted octanol–water partition coefficient (Wildman–Crippen LogP) is 1.32. The maximum Gasteiger partial charge on any atom is 0.246 e. The van der Waals surface area contributed by atoms with Gasteiger partial charge >= 0.3 is 0 Å². The topological polar surface area (TPSA) is 58.6 Å². The van der Waals surface area contributed by atoms with Gasteiger partial charge in [-0.2, -0.15) is 0 Å². The third-order valence-corrected chi connectivity index (χ3v) is 4.05. The zero-order chi connectivity index (χ0) is 14.5. The number of rotatable bonds is 7. The minimum atomic E-state index is -0.708. The van der Waals surface area contributed by atoms with Crippen LogP contribution in [0.25, 0.3) is 0 Å². The molecule has 1 saturated heterocycles. The van der Waals surface area contributed by atoms with Crippen LogP contribution in [0.15, 0.2) is 0 Å². The molecule has 1 aliphatic heterocycles. The smallest absolute Gasteiger partial charge is 0.246 e. The van der Waals surface area contributed by atoms with Gasteiger partial charge < -0.3 is 15.0 Å². The van der Waals surface area contributed by atoms with Gasteiger partial charge in [-0.25, -0.2) is 0 Å². The van der Waals surface area contributed by atoms with Crippen LogP contribution in [0.3, 0.4) is 0 Å². The molecule has 1 fully saturated rings. The molecule has 1 aliphatic rings. The number of ether oxygens (including phenoxy) is 1. The zero-order valence-corrected chi connectivity index (χ0v) is 12.5. The molecule has 0 spiro atoms. The minimum Gasteiger partial charge on any atom is -0.380 e. The van der Waals surface area contributed by atoms with Gasteiger partial charge in [0.2, 0.25) is 11.8 Å². The maximum atomic E-state index is 12.5. The minimum absolute atomic E-state index is 0.0190. The molecule has 5 nitrogen and oxygen atoms in total. The van der Waals surface area contributed by atoms with E-state index < -0.39 is 5.54 Å². The van der Waals surface area contributed by atoms with Crippen molar-refractivity contribution in [2.45, 2.75) is 58.5 Å². The van der Waals surface area contributed by atoms with Crippen molar-refractivity contribution < 1.29 is 14.3 Å². The van der Waals surface area contributed by atoms with E-state index in [0.717, 1.165) is 0 Å². The van der Waals surface area contributed by atoms with Crippen molar-refractivity contribution in [2.75, 3.05) is 19.8 Å². The van der Waals surface area contributed by atoms with E-state index in [2.05, 4.69) is 5.32 Å². The van der Waals surface area contributed by atoms with E-state index in [0.29, 0.717) is 39.0 Å². The highest BCUT2D eigenvalue weighted by molar-refractivity contribution is 5.99. The van der Waals surface area contributed by atoms with Crippen LogP contribution in [0.4, 0.5) is 0 Å². The van der Waals surface area contributed by atoms with Crippen molar-refractivity contribution in [3.05, 3.63) is 0 Å². The van der Waals surface area contributed by atoms with Crippen LogP contribution in [0.1, 0.15) is 47.0 Å². The molecule has 1 heterocycles. The Morgan fingerprint density at radius 1 is 1.21 bits per heavy atom. The molecule has 1 N–H and O–H groups in total. The molecule has 19 heavy (non-hydrogen) atoms. The van der Waals surface area contributed by atoms with E-state index in [1.807, 2.05) is 27.7 Å². The normalized spacial score (nSPS) is 22.5. The molecule has 0 bridgehead atoms. The molecule has 110 valence electrons. The first-order chi connectivity index (χ1) is 9.07. The molecular weight excluding hydrogens is 244 g/mol. The van der Waals surface area contributed by atoms with Crippen LogP contribution in [0.5, 0.6) is 0 Å². The van der Waals surface area contributed by atoms with Crippen molar-refractivity contribution in [1.82, 2.24) is 10.2 Å². The summed E-state index contributed by atoms with van der Waals surface area (Å²) < 4.78 is 5.35. The average Bonchev–Trinajstić information content (AvgIpc) is 2.43. The van der Waals surface area contributed by atoms with E-state index in [1.165, 1.54) is 0 Å².